The highest BCUT2D eigenvalue weighted by Crippen LogP contribution is 2.39. The zero-order valence-electron chi connectivity index (χ0n) is 15.0. The third kappa shape index (κ3) is 4.92. The van der Waals surface area contributed by atoms with E-state index in [4.69, 9.17) is 0 Å². The number of hydrogen-bond acceptors (Lipinski definition) is 4. The number of carbonyl (C=O) groups excluding carboxylic acids is 1. The average molecular weight is 415 g/mol. The number of nitrogens with one attached hydrogen (secondary N) is 2. The lowest BCUT2D eigenvalue weighted by Gasteiger charge is -2.27. The monoisotopic (exact) mass is 415 g/mol. The number of thioether (sulfide) groups is 1. The Morgan fingerprint density at radius 2 is 1.93 bits per heavy atom. The van der Waals surface area contributed by atoms with E-state index in [1.807, 2.05) is 0 Å². The van der Waals surface area contributed by atoms with Crippen LogP contribution in [0.5, 0.6) is 0 Å². The van der Waals surface area contributed by atoms with Gasteiger partial charge in [0.25, 0.3) is 11.5 Å². The molecule has 0 spiro atoms. The van der Waals surface area contributed by atoms with Crippen molar-refractivity contribution in [2.45, 2.75) is 48.5 Å². The first-order valence-electron chi connectivity index (χ1n) is 8.44. The lowest BCUT2D eigenvalue weighted by atomic mass is 9.94. The van der Waals surface area contributed by atoms with Crippen molar-refractivity contribution < 1.29 is 22.4 Å². The van der Waals surface area contributed by atoms with Gasteiger partial charge in [-0.05, 0) is 56.1 Å². The second-order valence-electron chi connectivity index (χ2n) is 7.06. The Morgan fingerprint density at radius 3 is 2.50 bits per heavy atom. The maximum absolute atomic E-state index is 14.1. The van der Waals surface area contributed by atoms with Gasteiger partial charge < -0.3 is 10.3 Å². The van der Waals surface area contributed by atoms with Crippen molar-refractivity contribution in [3.05, 3.63) is 57.5 Å². The molecular formula is C18H17F4N3O2S. The third-order valence-electron chi connectivity index (χ3n) is 4.26. The van der Waals surface area contributed by atoms with E-state index in [9.17, 15) is 27.2 Å². The highest BCUT2D eigenvalue weighted by Gasteiger charge is 2.32. The van der Waals surface area contributed by atoms with Crippen LogP contribution in [0.15, 0.2) is 34.0 Å². The number of halogens is 4. The number of carbonyl (C=O) groups is 1. The molecule has 3 rings (SSSR count). The van der Waals surface area contributed by atoms with Gasteiger partial charge in [-0.1, -0.05) is 6.07 Å². The molecule has 1 amide bonds. The van der Waals surface area contributed by atoms with Crippen molar-refractivity contribution >= 4 is 17.7 Å². The lowest BCUT2D eigenvalue weighted by Crippen LogP contribution is -2.42. The molecule has 2 N–H and O–H groups in total. The summed E-state index contributed by atoms with van der Waals surface area (Å²) in [4.78, 5) is 30.5. The minimum atomic E-state index is -4.60. The minimum absolute atomic E-state index is 0.0663. The number of hydrogen-bond donors (Lipinski definition) is 2. The molecule has 1 aliphatic rings. The van der Waals surface area contributed by atoms with Crippen LogP contribution in [0.2, 0.25) is 0 Å². The summed E-state index contributed by atoms with van der Waals surface area (Å²) in [6.07, 6.45) is 1.78. The number of amides is 1. The molecule has 2 aromatic rings. The van der Waals surface area contributed by atoms with E-state index < -0.39 is 45.0 Å². The Kier molecular flexibility index (Phi) is 5.26. The van der Waals surface area contributed by atoms with Gasteiger partial charge in [0.2, 0.25) is 0 Å². The number of nitrogens with zero attached hydrogens (tertiary/aromatic N) is 1. The Labute approximate surface area is 161 Å². The molecule has 1 saturated carbocycles. The topological polar surface area (TPSA) is 74.8 Å². The number of aromatic nitrogens is 2. The Morgan fingerprint density at radius 1 is 1.25 bits per heavy atom. The van der Waals surface area contributed by atoms with Crippen LogP contribution in [0.4, 0.5) is 17.6 Å². The molecule has 0 aliphatic heterocycles. The van der Waals surface area contributed by atoms with E-state index in [1.165, 1.54) is 6.07 Å². The molecule has 0 atom stereocenters. The molecule has 1 heterocycles. The highest BCUT2D eigenvalue weighted by molar-refractivity contribution is 8.00. The van der Waals surface area contributed by atoms with Gasteiger partial charge in [0, 0.05) is 12.0 Å². The van der Waals surface area contributed by atoms with Crippen LogP contribution in [0, 0.1) is 5.82 Å². The number of rotatable bonds is 5. The third-order valence-corrected chi connectivity index (χ3v) is 5.04. The van der Waals surface area contributed by atoms with Crippen molar-refractivity contribution in [3.63, 3.8) is 0 Å². The SMILES string of the molecule is CC(C)(NC(=O)c1cc(=O)[nH]c(C2CC2)n1)c1ccc(SC(F)(F)F)c(F)c1. The second-order valence-corrected chi connectivity index (χ2v) is 8.17. The summed E-state index contributed by atoms with van der Waals surface area (Å²) >= 11 is -0.541. The molecule has 150 valence electrons. The summed E-state index contributed by atoms with van der Waals surface area (Å²) in [5.74, 6) is -1.07. The van der Waals surface area contributed by atoms with Crippen LogP contribution < -0.4 is 10.9 Å². The summed E-state index contributed by atoms with van der Waals surface area (Å²) in [5.41, 5.74) is -5.94. The fraction of sp³-hybridized carbons (Fsp3) is 0.389. The molecule has 1 aromatic heterocycles. The molecule has 5 nitrogen and oxygen atoms in total. The van der Waals surface area contributed by atoms with Crippen LogP contribution in [0.3, 0.4) is 0 Å². The summed E-state index contributed by atoms with van der Waals surface area (Å²) < 4.78 is 51.4. The zero-order valence-corrected chi connectivity index (χ0v) is 15.8. The maximum atomic E-state index is 14.1. The quantitative estimate of drug-likeness (QED) is 0.571. The van der Waals surface area contributed by atoms with Gasteiger partial charge in [0.15, 0.2) is 0 Å². The molecule has 10 heteroatoms. The standard InChI is InChI=1S/C18H17F4N3O2S/c1-17(2,10-5-6-13(11(19)7-10)28-18(20,21)22)25-16(27)12-8-14(26)24-15(23-12)9-3-4-9/h5-9H,3-4H2,1-2H3,(H,25,27)(H,23,24,26). The Bertz CT molecular complexity index is 968. The molecule has 0 radical (unpaired) electrons. The van der Waals surface area contributed by atoms with Crippen molar-refractivity contribution in [1.82, 2.24) is 15.3 Å². The molecule has 1 fully saturated rings. The van der Waals surface area contributed by atoms with Gasteiger partial charge in [0.1, 0.15) is 17.3 Å². The first kappa shape index (κ1) is 20.4. The molecule has 0 saturated heterocycles. The molecular weight excluding hydrogens is 398 g/mol. The number of aromatic amines is 1. The highest BCUT2D eigenvalue weighted by atomic mass is 32.2. The van der Waals surface area contributed by atoms with Crippen LogP contribution in [-0.2, 0) is 5.54 Å². The first-order chi connectivity index (χ1) is 12.9. The van der Waals surface area contributed by atoms with Crippen LogP contribution in [0.25, 0.3) is 0 Å². The molecule has 28 heavy (non-hydrogen) atoms. The predicted molar refractivity (Wildman–Crippen MR) is 95.6 cm³/mol. The summed E-state index contributed by atoms with van der Waals surface area (Å²) in [6.45, 7) is 3.15. The largest absolute Gasteiger partial charge is 0.446 e. The van der Waals surface area contributed by atoms with E-state index in [0.29, 0.717) is 5.82 Å². The summed E-state index contributed by atoms with van der Waals surface area (Å²) in [6, 6.07) is 4.36. The summed E-state index contributed by atoms with van der Waals surface area (Å²) in [5, 5.41) is 2.65. The second kappa shape index (κ2) is 7.23. The normalized spacial score (nSPS) is 14.8. The maximum Gasteiger partial charge on any atom is 0.446 e. The van der Waals surface area contributed by atoms with E-state index in [1.54, 1.807) is 13.8 Å². The molecule has 1 aromatic carbocycles. The van der Waals surface area contributed by atoms with Crippen LogP contribution in [0.1, 0.15) is 54.5 Å². The van der Waals surface area contributed by atoms with Gasteiger partial charge in [0.05, 0.1) is 10.4 Å². The molecule has 0 bridgehead atoms. The number of benzene rings is 1. The van der Waals surface area contributed by atoms with Crippen molar-refractivity contribution in [2.24, 2.45) is 0 Å². The predicted octanol–water partition coefficient (Wildman–Crippen LogP) is 4.06. The Balaban J connectivity index is 1.80. The summed E-state index contributed by atoms with van der Waals surface area (Å²) in [7, 11) is 0. The smallest absolute Gasteiger partial charge is 0.342 e. The van der Waals surface area contributed by atoms with Crippen molar-refractivity contribution in [2.75, 3.05) is 0 Å². The van der Waals surface area contributed by atoms with Crippen molar-refractivity contribution in [3.8, 4) is 0 Å². The van der Waals surface area contributed by atoms with Crippen LogP contribution in [-0.4, -0.2) is 21.4 Å². The van der Waals surface area contributed by atoms with Gasteiger partial charge in [-0.15, -0.1) is 0 Å². The van der Waals surface area contributed by atoms with Gasteiger partial charge >= 0.3 is 5.51 Å². The van der Waals surface area contributed by atoms with Crippen LogP contribution >= 0.6 is 11.8 Å². The number of H-pyrrole nitrogens is 1. The van der Waals surface area contributed by atoms with E-state index >= 15 is 0 Å². The average Bonchev–Trinajstić information content (AvgIpc) is 3.39. The van der Waals surface area contributed by atoms with Gasteiger partial charge in [-0.2, -0.15) is 13.2 Å². The van der Waals surface area contributed by atoms with E-state index in [-0.39, 0.29) is 17.2 Å². The van der Waals surface area contributed by atoms with Crippen molar-refractivity contribution in [1.29, 1.82) is 0 Å². The Hall–Kier alpha value is -2.36. The first-order valence-corrected chi connectivity index (χ1v) is 9.26. The van der Waals surface area contributed by atoms with Gasteiger partial charge in [-0.3, -0.25) is 9.59 Å². The fourth-order valence-corrected chi connectivity index (χ4v) is 3.20. The zero-order chi connectivity index (χ0) is 20.7. The van der Waals surface area contributed by atoms with E-state index in [0.717, 1.165) is 31.0 Å². The fourth-order valence-electron chi connectivity index (χ4n) is 2.66. The minimum Gasteiger partial charge on any atom is -0.342 e. The molecule has 0 unspecified atom stereocenters. The molecule has 1 aliphatic carbocycles. The lowest BCUT2D eigenvalue weighted by molar-refractivity contribution is -0.0329. The number of alkyl halides is 3. The van der Waals surface area contributed by atoms with Gasteiger partial charge in [-0.25, -0.2) is 9.37 Å². The van der Waals surface area contributed by atoms with E-state index in [2.05, 4.69) is 15.3 Å².